The lowest BCUT2D eigenvalue weighted by Gasteiger charge is -2.34. The fourth-order valence-corrected chi connectivity index (χ4v) is 3.06. The molecule has 1 fully saturated rings. The molecule has 1 unspecified atom stereocenters. The number of benzene rings is 1. The number of morpholine rings is 1. The van der Waals surface area contributed by atoms with Crippen LogP contribution in [0.4, 0.5) is 5.69 Å². The van der Waals surface area contributed by atoms with Crippen LogP contribution in [0.15, 0.2) is 18.2 Å². The number of anilines is 1. The lowest BCUT2D eigenvalue weighted by molar-refractivity contribution is 0.0158. The van der Waals surface area contributed by atoms with Crippen molar-refractivity contribution >= 4 is 5.69 Å². The molecule has 4 nitrogen and oxygen atoms in total. The molecule has 2 aliphatic rings. The van der Waals surface area contributed by atoms with Crippen LogP contribution in [0, 0.1) is 0 Å². The molecule has 2 heterocycles. The molecule has 0 aromatic heterocycles. The van der Waals surface area contributed by atoms with E-state index in [-0.39, 0.29) is 0 Å². The first kappa shape index (κ1) is 13.7. The molecular weight excluding hydrogens is 252 g/mol. The number of ether oxygens (including phenoxy) is 2. The lowest BCUT2D eigenvalue weighted by atomic mass is 10.0. The van der Waals surface area contributed by atoms with Crippen LogP contribution in [0.5, 0.6) is 5.75 Å². The van der Waals surface area contributed by atoms with Crippen LogP contribution in [-0.4, -0.2) is 50.4 Å². The molecule has 20 heavy (non-hydrogen) atoms. The van der Waals surface area contributed by atoms with Crippen LogP contribution in [-0.2, 0) is 11.2 Å². The van der Waals surface area contributed by atoms with E-state index in [2.05, 4.69) is 35.3 Å². The third-order valence-corrected chi connectivity index (χ3v) is 4.22. The monoisotopic (exact) mass is 276 g/mol. The number of nitrogens with one attached hydrogen (secondary N) is 1. The van der Waals surface area contributed by atoms with Crippen LogP contribution >= 0.6 is 0 Å². The number of rotatable bonds is 4. The molecule has 1 N–H and O–H groups in total. The van der Waals surface area contributed by atoms with E-state index in [1.165, 1.54) is 12.0 Å². The predicted molar refractivity (Wildman–Crippen MR) is 80.6 cm³/mol. The first-order valence-electron chi connectivity index (χ1n) is 7.68. The summed E-state index contributed by atoms with van der Waals surface area (Å²) in [5.74, 6) is 0.986. The number of nitrogens with zero attached hydrogens (tertiary/aromatic N) is 1. The van der Waals surface area contributed by atoms with Crippen LogP contribution in [0.1, 0.15) is 18.9 Å². The molecule has 4 heteroatoms. The summed E-state index contributed by atoms with van der Waals surface area (Å²) in [6.07, 6.45) is 2.28. The molecule has 110 valence electrons. The standard InChI is InChI=1S/C16H24N2O2/c1-2-14(18-6-9-19-10-7-18)11-13-3-4-16-15(12-13)17-5-8-20-16/h3-4,12,14,17H,2,5-11H2,1H3. The first-order valence-corrected chi connectivity index (χ1v) is 7.68. The second-order valence-corrected chi connectivity index (χ2v) is 5.52. The normalized spacial score (nSPS) is 20.6. The maximum absolute atomic E-state index is 5.64. The summed E-state index contributed by atoms with van der Waals surface area (Å²) in [4.78, 5) is 2.56. The summed E-state index contributed by atoms with van der Waals surface area (Å²) in [6.45, 7) is 7.80. The second-order valence-electron chi connectivity index (χ2n) is 5.52. The molecule has 3 rings (SSSR count). The van der Waals surface area contributed by atoms with Crippen LogP contribution in [0.3, 0.4) is 0 Å². The Kier molecular flexibility index (Phi) is 4.43. The third kappa shape index (κ3) is 3.07. The molecule has 1 atom stereocenters. The van der Waals surface area contributed by atoms with Gasteiger partial charge in [0.15, 0.2) is 0 Å². The molecule has 0 spiro atoms. The van der Waals surface area contributed by atoms with E-state index in [9.17, 15) is 0 Å². The van der Waals surface area contributed by atoms with Gasteiger partial charge in [0.2, 0.25) is 0 Å². The minimum absolute atomic E-state index is 0.612. The Labute approximate surface area is 121 Å². The van der Waals surface area contributed by atoms with Gasteiger partial charge >= 0.3 is 0 Å². The molecule has 1 aromatic rings. The molecule has 0 saturated carbocycles. The molecular formula is C16H24N2O2. The lowest BCUT2D eigenvalue weighted by Crippen LogP contribution is -2.44. The molecule has 1 aromatic carbocycles. The average molecular weight is 276 g/mol. The molecule has 0 radical (unpaired) electrons. The van der Waals surface area contributed by atoms with Gasteiger partial charge < -0.3 is 14.8 Å². The fourth-order valence-electron chi connectivity index (χ4n) is 3.06. The largest absolute Gasteiger partial charge is 0.490 e. The fraction of sp³-hybridized carbons (Fsp3) is 0.625. The van der Waals surface area contributed by atoms with E-state index in [4.69, 9.17) is 9.47 Å². The minimum atomic E-state index is 0.612. The Morgan fingerprint density at radius 1 is 1.25 bits per heavy atom. The van der Waals surface area contributed by atoms with Crippen molar-refractivity contribution in [1.29, 1.82) is 0 Å². The second kappa shape index (κ2) is 6.46. The van der Waals surface area contributed by atoms with Gasteiger partial charge in [0.05, 0.1) is 18.9 Å². The highest BCUT2D eigenvalue weighted by molar-refractivity contribution is 5.59. The average Bonchev–Trinajstić information content (AvgIpc) is 2.53. The van der Waals surface area contributed by atoms with Crippen LogP contribution in [0.2, 0.25) is 0 Å². The van der Waals surface area contributed by atoms with Crippen molar-refractivity contribution in [3.05, 3.63) is 23.8 Å². The van der Waals surface area contributed by atoms with Crippen LogP contribution < -0.4 is 10.1 Å². The van der Waals surface area contributed by atoms with Gasteiger partial charge in [-0.2, -0.15) is 0 Å². The minimum Gasteiger partial charge on any atom is -0.490 e. The van der Waals surface area contributed by atoms with Crippen LogP contribution in [0.25, 0.3) is 0 Å². The number of fused-ring (bicyclic) bond motifs is 1. The Balaban J connectivity index is 1.68. The van der Waals surface area contributed by atoms with Crippen molar-refractivity contribution in [3.63, 3.8) is 0 Å². The van der Waals surface area contributed by atoms with Gasteiger partial charge in [-0.15, -0.1) is 0 Å². The van der Waals surface area contributed by atoms with E-state index in [1.807, 2.05) is 0 Å². The molecule has 2 aliphatic heterocycles. The van der Waals surface area contributed by atoms with E-state index >= 15 is 0 Å². The highest BCUT2D eigenvalue weighted by Crippen LogP contribution is 2.29. The molecule has 0 amide bonds. The van der Waals surface area contributed by atoms with Crippen molar-refractivity contribution in [3.8, 4) is 5.75 Å². The smallest absolute Gasteiger partial charge is 0.142 e. The Morgan fingerprint density at radius 2 is 2.10 bits per heavy atom. The topological polar surface area (TPSA) is 33.7 Å². The van der Waals surface area contributed by atoms with Crippen molar-refractivity contribution in [1.82, 2.24) is 4.90 Å². The van der Waals surface area contributed by atoms with Gasteiger partial charge in [-0.25, -0.2) is 0 Å². The van der Waals surface area contributed by atoms with Gasteiger partial charge in [0.25, 0.3) is 0 Å². The highest BCUT2D eigenvalue weighted by atomic mass is 16.5. The zero-order chi connectivity index (χ0) is 13.8. The van der Waals surface area contributed by atoms with E-state index < -0.39 is 0 Å². The van der Waals surface area contributed by atoms with E-state index in [1.54, 1.807) is 0 Å². The Bertz CT molecular complexity index is 444. The first-order chi connectivity index (χ1) is 9.86. The molecule has 0 aliphatic carbocycles. The Morgan fingerprint density at radius 3 is 2.90 bits per heavy atom. The Hall–Kier alpha value is -1.26. The van der Waals surface area contributed by atoms with Crippen molar-refractivity contribution < 1.29 is 9.47 Å². The zero-order valence-corrected chi connectivity index (χ0v) is 12.2. The number of hydrogen-bond donors (Lipinski definition) is 1. The summed E-state index contributed by atoms with van der Waals surface area (Å²) in [5.41, 5.74) is 2.53. The van der Waals surface area contributed by atoms with Gasteiger partial charge in [0.1, 0.15) is 12.4 Å². The third-order valence-electron chi connectivity index (χ3n) is 4.22. The molecule has 1 saturated heterocycles. The maximum atomic E-state index is 5.64. The molecule has 0 bridgehead atoms. The number of hydrogen-bond acceptors (Lipinski definition) is 4. The maximum Gasteiger partial charge on any atom is 0.142 e. The van der Waals surface area contributed by atoms with Crippen molar-refractivity contribution in [2.24, 2.45) is 0 Å². The quantitative estimate of drug-likeness (QED) is 0.913. The summed E-state index contributed by atoms with van der Waals surface area (Å²) in [5, 5.41) is 3.42. The van der Waals surface area contributed by atoms with Gasteiger partial charge in [-0.1, -0.05) is 13.0 Å². The highest BCUT2D eigenvalue weighted by Gasteiger charge is 2.20. The van der Waals surface area contributed by atoms with E-state index in [0.717, 1.165) is 57.3 Å². The van der Waals surface area contributed by atoms with Crippen molar-refractivity contribution in [2.75, 3.05) is 44.8 Å². The SMILES string of the molecule is CCC(Cc1ccc2c(c1)NCCO2)N1CCOCC1. The van der Waals surface area contributed by atoms with Gasteiger partial charge in [-0.05, 0) is 30.5 Å². The zero-order valence-electron chi connectivity index (χ0n) is 12.2. The van der Waals surface area contributed by atoms with Crippen molar-refractivity contribution in [2.45, 2.75) is 25.8 Å². The summed E-state index contributed by atoms with van der Waals surface area (Å²) in [6, 6.07) is 7.16. The van der Waals surface area contributed by atoms with Gasteiger partial charge in [0, 0.05) is 25.7 Å². The van der Waals surface area contributed by atoms with E-state index in [0.29, 0.717) is 6.04 Å². The predicted octanol–water partition coefficient (Wildman–Crippen LogP) is 2.14. The summed E-state index contributed by atoms with van der Waals surface area (Å²) in [7, 11) is 0. The summed E-state index contributed by atoms with van der Waals surface area (Å²) >= 11 is 0. The van der Waals surface area contributed by atoms with Gasteiger partial charge in [-0.3, -0.25) is 4.90 Å². The summed E-state index contributed by atoms with van der Waals surface area (Å²) < 4.78 is 11.1.